The summed E-state index contributed by atoms with van der Waals surface area (Å²) in [5, 5.41) is 7.47. The molecule has 44 heavy (non-hydrogen) atoms. The summed E-state index contributed by atoms with van der Waals surface area (Å²) in [5.74, 6) is 0. The van der Waals surface area contributed by atoms with Gasteiger partial charge in [-0.25, -0.2) is 0 Å². The SMILES string of the molecule is C1=CCCC(N(c2ccccc2)c2cc3c4ccccc4c(N(c4ccccc4)c4ccccc4)cc3c3ccccc23)=C1. The molecule has 0 aliphatic heterocycles. The number of hydrogen-bond donors (Lipinski definition) is 0. The second kappa shape index (κ2) is 11.2. The van der Waals surface area contributed by atoms with Crippen LogP contribution < -0.4 is 9.80 Å². The lowest BCUT2D eigenvalue weighted by molar-refractivity contribution is 0.919. The number of fused-ring (bicyclic) bond motifs is 5. The maximum Gasteiger partial charge on any atom is 0.0546 e. The van der Waals surface area contributed by atoms with Crippen molar-refractivity contribution in [1.29, 1.82) is 0 Å². The zero-order chi connectivity index (χ0) is 29.3. The molecule has 0 aromatic heterocycles. The minimum Gasteiger partial charge on any atom is -0.314 e. The zero-order valence-corrected chi connectivity index (χ0v) is 24.5. The van der Waals surface area contributed by atoms with Gasteiger partial charge in [-0.1, -0.05) is 115 Å². The number of nitrogens with zero attached hydrogens (tertiary/aromatic N) is 2. The molecule has 0 heterocycles. The lowest BCUT2D eigenvalue weighted by Crippen LogP contribution is -2.17. The van der Waals surface area contributed by atoms with Crippen LogP contribution in [0.1, 0.15) is 12.8 Å². The normalized spacial score (nSPS) is 12.9. The van der Waals surface area contributed by atoms with Gasteiger partial charge < -0.3 is 9.80 Å². The quantitative estimate of drug-likeness (QED) is 0.185. The van der Waals surface area contributed by atoms with Crippen LogP contribution in [0.25, 0.3) is 32.3 Å². The maximum absolute atomic E-state index is 2.47. The van der Waals surface area contributed by atoms with Crippen molar-refractivity contribution >= 4 is 60.8 Å². The van der Waals surface area contributed by atoms with Gasteiger partial charge in [0.15, 0.2) is 0 Å². The highest BCUT2D eigenvalue weighted by atomic mass is 15.2. The maximum atomic E-state index is 2.47. The molecule has 1 aliphatic rings. The van der Waals surface area contributed by atoms with Gasteiger partial charge in [0.1, 0.15) is 0 Å². The summed E-state index contributed by atoms with van der Waals surface area (Å²) < 4.78 is 0. The van der Waals surface area contributed by atoms with Crippen molar-refractivity contribution in [3.05, 3.63) is 176 Å². The number of anilines is 5. The third kappa shape index (κ3) is 4.53. The largest absolute Gasteiger partial charge is 0.314 e. The number of hydrogen-bond acceptors (Lipinski definition) is 2. The van der Waals surface area contributed by atoms with Crippen molar-refractivity contribution in [2.45, 2.75) is 12.8 Å². The molecule has 0 amide bonds. The summed E-state index contributed by atoms with van der Waals surface area (Å²) in [7, 11) is 0. The molecular formula is C42H32N2. The van der Waals surface area contributed by atoms with Gasteiger partial charge in [0.05, 0.1) is 11.4 Å². The van der Waals surface area contributed by atoms with Crippen LogP contribution in [-0.4, -0.2) is 0 Å². The second-order valence-corrected chi connectivity index (χ2v) is 11.3. The molecule has 0 atom stereocenters. The molecule has 210 valence electrons. The van der Waals surface area contributed by atoms with E-state index in [2.05, 4.69) is 180 Å². The van der Waals surface area contributed by atoms with Gasteiger partial charge in [-0.15, -0.1) is 0 Å². The smallest absolute Gasteiger partial charge is 0.0546 e. The van der Waals surface area contributed by atoms with E-state index in [-0.39, 0.29) is 0 Å². The molecule has 0 saturated heterocycles. The standard InChI is InChI=1S/C42H32N2/c1-5-17-31(18-6-1)43(32-19-7-2-8-20-32)41-29-39-36-26-14-16-28-38(36)42(30-40(39)35-25-13-15-27-37(35)41)44(33-21-9-3-10-22-33)34-23-11-4-12-24-34/h1-11,13-23,25-30H,12,24H2. The molecule has 0 saturated carbocycles. The molecule has 8 rings (SSSR count). The third-order valence-electron chi connectivity index (χ3n) is 8.64. The monoisotopic (exact) mass is 564 g/mol. The van der Waals surface area contributed by atoms with Crippen molar-refractivity contribution in [1.82, 2.24) is 0 Å². The predicted molar refractivity (Wildman–Crippen MR) is 189 cm³/mol. The summed E-state index contributed by atoms with van der Waals surface area (Å²) in [6.45, 7) is 0. The molecule has 0 fully saturated rings. The van der Waals surface area contributed by atoms with Crippen LogP contribution in [0.4, 0.5) is 28.4 Å². The average Bonchev–Trinajstić information content (AvgIpc) is 3.11. The Bertz CT molecular complexity index is 2120. The number of para-hydroxylation sites is 3. The first-order valence-corrected chi connectivity index (χ1v) is 15.4. The van der Waals surface area contributed by atoms with Crippen LogP contribution in [0.2, 0.25) is 0 Å². The van der Waals surface area contributed by atoms with Crippen molar-refractivity contribution < 1.29 is 0 Å². The molecular weight excluding hydrogens is 532 g/mol. The first kappa shape index (κ1) is 26.1. The highest BCUT2D eigenvalue weighted by Gasteiger charge is 2.22. The van der Waals surface area contributed by atoms with Gasteiger partial charge >= 0.3 is 0 Å². The summed E-state index contributed by atoms with van der Waals surface area (Å²) in [6.07, 6.45) is 8.77. The lowest BCUT2D eigenvalue weighted by atomic mass is 9.93. The number of rotatable bonds is 6. The van der Waals surface area contributed by atoms with Gasteiger partial charge in [-0.3, -0.25) is 0 Å². The fourth-order valence-electron chi connectivity index (χ4n) is 6.68. The molecule has 0 spiro atoms. The van der Waals surface area contributed by atoms with Gasteiger partial charge in [0.2, 0.25) is 0 Å². The molecule has 0 radical (unpaired) electrons. The molecule has 7 aromatic carbocycles. The number of allylic oxidation sites excluding steroid dienone is 4. The summed E-state index contributed by atoms with van der Waals surface area (Å²) >= 11 is 0. The fraction of sp³-hybridized carbons (Fsp3) is 0.0476. The van der Waals surface area contributed by atoms with E-state index in [1.165, 1.54) is 55.1 Å². The van der Waals surface area contributed by atoms with E-state index in [1.54, 1.807) is 0 Å². The van der Waals surface area contributed by atoms with Crippen LogP contribution in [0, 0.1) is 0 Å². The van der Waals surface area contributed by atoms with E-state index in [1.807, 2.05) is 0 Å². The highest BCUT2D eigenvalue weighted by molar-refractivity contribution is 6.24. The van der Waals surface area contributed by atoms with E-state index < -0.39 is 0 Å². The Labute approximate surface area is 258 Å². The summed E-state index contributed by atoms with van der Waals surface area (Å²) in [6, 6.07) is 54.8. The molecule has 2 heteroatoms. The topological polar surface area (TPSA) is 6.48 Å². The second-order valence-electron chi connectivity index (χ2n) is 11.3. The van der Waals surface area contributed by atoms with Gasteiger partial charge in [0, 0.05) is 33.5 Å². The van der Waals surface area contributed by atoms with Crippen LogP contribution in [0.15, 0.2) is 176 Å². The Morgan fingerprint density at radius 2 is 0.795 bits per heavy atom. The van der Waals surface area contributed by atoms with Crippen LogP contribution >= 0.6 is 0 Å². The van der Waals surface area contributed by atoms with Gasteiger partial charge in [-0.2, -0.15) is 0 Å². The first-order chi connectivity index (χ1) is 21.9. The van der Waals surface area contributed by atoms with Gasteiger partial charge in [-0.05, 0) is 89.0 Å². The van der Waals surface area contributed by atoms with E-state index in [4.69, 9.17) is 0 Å². The van der Waals surface area contributed by atoms with E-state index in [0.717, 1.165) is 24.2 Å². The minimum absolute atomic E-state index is 1.00. The Hall–Kier alpha value is -5.60. The molecule has 2 nitrogen and oxygen atoms in total. The molecule has 0 unspecified atom stereocenters. The van der Waals surface area contributed by atoms with E-state index in [9.17, 15) is 0 Å². The van der Waals surface area contributed by atoms with Gasteiger partial charge in [0.25, 0.3) is 0 Å². The summed E-state index contributed by atoms with van der Waals surface area (Å²) in [5.41, 5.74) is 7.14. The van der Waals surface area contributed by atoms with Crippen LogP contribution in [-0.2, 0) is 0 Å². The van der Waals surface area contributed by atoms with Crippen molar-refractivity contribution in [3.63, 3.8) is 0 Å². The summed E-state index contributed by atoms with van der Waals surface area (Å²) in [4.78, 5) is 4.86. The zero-order valence-electron chi connectivity index (χ0n) is 24.5. The van der Waals surface area contributed by atoms with E-state index in [0.29, 0.717) is 0 Å². The third-order valence-corrected chi connectivity index (χ3v) is 8.64. The molecule has 1 aliphatic carbocycles. The Balaban J connectivity index is 1.47. The highest BCUT2D eigenvalue weighted by Crippen LogP contribution is 2.47. The molecule has 0 N–H and O–H groups in total. The lowest BCUT2D eigenvalue weighted by Gasteiger charge is -2.31. The molecule has 7 aromatic rings. The molecule has 0 bridgehead atoms. The van der Waals surface area contributed by atoms with Crippen LogP contribution in [0.5, 0.6) is 0 Å². The first-order valence-electron chi connectivity index (χ1n) is 15.4. The fourth-order valence-corrected chi connectivity index (χ4v) is 6.68. The Kier molecular flexibility index (Phi) is 6.66. The Morgan fingerprint density at radius 3 is 1.25 bits per heavy atom. The van der Waals surface area contributed by atoms with Crippen molar-refractivity contribution in [3.8, 4) is 0 Å². The predicted octanol–water partition coefficient (Wildman–Crippen LogP) is 12.0. The Morgan fingerprint density at radius 1 is 0.386 bits per heavy atom. The van der Waals surface area contributed by atoms with E-state index >= 15 is 0 Å². The number of benzene rings is 7. The minimum atomic E-state index is 1.00. The van der Waals surface area contributed by atoms with Crippen molar-refractivity contribution in [2.75, 3.05) is 9.80 Å². The van der Waals surface area contributed by atoms with Crippen LogP contribution in [0.3, 0.4) is 0 Å². The average molecular weight is 565 g/mol. The van der Waals surface area contributed by atoms with Crippen molar-refractivity contribution in [2.24, 2.45) is 0 Å².